The Morgan fingerprint density at radius 3 is 2.88 bits per heavy atom. The van der Waals surface area contributed by atoms with Crippen molar-refractivity contribution in [2.24, 2.45) is 0 Å². The summed E-state index contributed by atoms with van der Waals surface area (Å²) < 4.78 is 1.97. The Labute approximate surface area is 104 Å². The SMILES string of the molecule is CCn1ccnc1SCC(=O)CCCC(=O)O. The lowest BCUT2D eigenvalue weighted by Crippen LogP contribution is -2.05. The molecule has 0 aliphatic heterocycles. The van der Waals surface area contributed by atoms with E-state index >= 15 is 0 Å². The molecule has 0 bridgehead atoms. The molecule has 6 heteroatoms. The van der Waals surface area contributed by atoms with Gasteiger partial charge in [-0.25, -0.2) is 4.98 Å². The van der Waals surface area contributed by atoms with Gasteiger partial charge in [-0.2, -0.15) is 0 Å². The second-order valence-electron chi connectivity index (χ2n) is 3.57. The number of hydrogen-bond donors (Lipinski definition) is 1. The first kappa shape index (κ1) is 13.8. The molecular formula is C11H16N2O3S. The highest BCUT2D eigenvalue weighted by atomic mass is 32.2. The van der Waals surface area contributed by atoms with Crippen LogP contribution in [0.25, 0.3) is 0 Å². The van der Waals surface area contributed by atoms with Crippen LogP contribution in [0.5, 0.6) is 0 Å². The van der Waals surface area contributed by atoms with Gasteiger partial charge >= 0.3 is 5.97 Å². The van der Waals surface area contributed by atoms with E-state index in [0.717, 1.165) is 11.7 Å². The highest BCUT2D eigenvalue weighted by Crippen LogP contribution is 2.16. The summed E-state index contributed by atoms with van der Waals surface area (Å²) in [5.41, 5.74) is 0. The molecule has 94 valence electrons. The molecule has 0 aromatic carbocycles. The van der Waals surface area contributed by atoms with Crippen molar-refractivity contribution >= 4 is 23.5 Å². The van der Waals surface area contributed by atoms with Gasteiger partial charge in [0.2, 0.25) is 0 Å². The Morgan fingerprint density at radius 2 is 2.24 bits per heavy atom. The summed E-state index contributed by atoms with van der Waals surface area (Å²) in [4.78, 5) is 25.9. The van der Waals surface area contributed by atoms with Gasteiger partial charge in [0.05, 0.1) is 5.75 Å². The lowest BCUT2D eigenvalue weighted by atomic mass is 10.2. The van der Waals surface area contributed by atoms with Crippen LogP contribution in [0.15, 0.2) is 17.6 Å². The fourth-order valence-corrected chi connectivity index (χ4v) is 2.26. The Morgan fingerprint density at radius 1 is 1.47 bits per heavy atom. The van der Waals surface area contributed by atoms with Crippen LogP contribution in [0.4, 0.5) is 0 Å². The summed E-state index contributed by atoms with van der Waals surface area (Å²) in [7, 11) is 0. The molecule has 1 aromatic heterocycles. The van der Waals surface area contributed by atoms with E-state index in [1.807, 2.05) is 17.7 Å². The number of carboxylic acid groups (broad SMARTS) is 1. The Hall–Kier alpha value is -1.30. The number of thioether (sulfide) groups is 1. The molecule has 0 aliphatic rings. The first-order chi connectivity index (χ1) is 8.13. The molecule has 1 N–H and O–H groups in total. The zero-order chi connectivity index (χ0) is 12.7. The molecule has 0 fully saturated rings. The van der Waals surface area contributed by atoms with Crippen LogP contribution in [0, 0.1) is 0 Å². The summed E-state index contributed by atoms with van der Waals surface area (Å²) in [6.45, 7) is 2.84. The van der Waals surface area contributed by atoms with E-state index < -0.39 is 5.97 Å². The van der Waals surface area contributed by atoms with Crippen LogP contribution in [0.1, 0.15) is 26.2 Å². The fraction of sp³-hybridized carbons (Fsp3) is 0.545. The standard InChI is InChI=1S/C11H16N2O3S/c1-2-13-7-6-12-11(13)17-8-9(14)4-3-5-10(15)16/h6-7H,2-5,8H2,1H3,(H,15,16). The zero-order valence-electron chi connectivity index (χ0n) is 9.76. The van der Waals surface area contributed by atoms with Gasteiger partial charge in [-0.1, -0.05) is 11.8 Å². The van der Waals surface area contributed by atoms with E-state index in [9.17, 15) is 9.59 Å². The number of ketones is 1. The first-order valence-corrected chi connectivity index (χ1v) is 6.49. The average molecular weight is 256 g/mol. The summed E-state index contributed by atoms with van der Waals surface area (Å²) in [5, 5.41) is 9.28. The smallest absolute Gasteiger partial charge is 0.303 e. The highest BCUT2D eigenvalue weighted by Gasteiger charge is 2.07. The highest BCUT2D eigenvalue weighted by molar-refractivity contribution is 7.99. The number of carbonyl (C=O) groups excluding carboxylic acids is 1. The van der Waals surface area contributed by atoms with Crippen LogP contribution >= 0.6 is 11.8 Å². The van der Waals surface area contributed by atoms with Crippen molar-refractivity contribution in [2.45, 2.75) is 37.9 Å². The molecular weight excluding hydrogens is 240 g/mol. The molecule has 1 aromatic rings. The quantitative estimate of drug-likeness (QED) is 0.718. The number of imidazole rings is 1. The molecule has 0 radical (unpaired) electrons. The molecule has 0 spiro atoms. The topological polar surface area (TPSA) is 72.2 Å². The van der Waals surface area contributed by atoms with Crippen LogP contribution in [-0.4, -0.2) is 32.2 Å². The number of carboxylic acids is 1. The van der Waals surface area contributed by atoms with E-state index in [2.05, 4.69) is 4.98 Å². The van der Waals surface area contributed by atoms with Crippen molar-refractivity contribution in [1.82, 2.24) is 9.55 Å². The maximum atomic E-state index is 11.5. The maximum absolute atomic E-state index is 11.5. The van der Waals surface area contributed by atoms with Gasteiger partial charge < -0.3 is 9.67 Å². The van der Waals surface area contributed by atoms with Crippen molar-refractivity contribution in [3.63, 3.8) is 0 Å². The van der Waals surface area contributed by atoms with Crippen LogP contribution in [0.2, 0.25) is 0 Å². The minimum Gasteiger partial charge on any atom is -0.481 e. The van der Waals surface area contributed by atoms with Crippen LogP contribution in [-0.2, 0) is 16.1 Å². The van der Waals surface area contributed by atoms with Gasteiger partial charge in [-0.05, 0) is 13.3 Å². The maximum Gasteiger partial charge on any atom is 0.303 e. The third-order valence-corrected chi connectivity index (χ3v) is 3.29. The number of hydrogen-bond acceptors (Lipinski definition) is 4. The van der Waals surface area contributed by atoms with Crippen molar-refractivity contribution in [1.29, 1.82) is 0 Å². The third kappa shape index (κ3) is 5.04. The van der Waals surface area contributed by atoms with Gasteiger partial charge in [-0.15, -0.1) is 0 Å². The second kappa shape index (κ2) is 7.11. The summed E-state index contributed by atoms with van der Waals surface area (Å²) >= 11 is 1.40. The lowest BCUT2D eigenvalue weighted by molar-refractivity contribution is -0.137. The third-order valence-electron chi connectivity index (χ3n) is 2.23. The van der Waals surface area contributed by atoms with Gasteiger partial charge in [0.15, 0.2) is 5.16 Å². The minimum atomic E-state index is -0.855. The molecule has 0 amide bonds. The van der Waals surface area contributed by atoms with Crippen molar-refractivity contribution in [3.8, 4) is 0 Å². The van der Waals surface area contributed by atoms with E-state index in [1.54, 1.807) is 6.20 Å². The van der Waals surface area contributed by atoms with Crippen molar-refractivity contribution < 1.29 is 14.7 Å². The van der Waals surface area contributed by atoms with Crippen molar-refractivity contribution in [2.75, 3.05) is 5.75 Å². The number of aryl methyl sites for hydroxylation is 1. The molecule has 0 saturated heterocycles. The average Bonchev–Trinajstić information content (AvgIpc) is 2.73. The summed E-state index contributed by atoms with van der Waals surface area (Å²) in [6.07, 6.45) is 4.38. The summed E-state index contributed by atoms with van der Waals surface area (Å²) in [6, 6.07) is 0. The van der Waals surface area contributed by atoms with Gasteiger partial charge in [0, 0.05) is 31.8 Å². The molecule has 0 atom stereocenters. The van der Waals surface area contributed by atoms with Crippen LogP contribution < -0.4 is 0 Å². The van der Waals surface area contributed by atoms with Crippen LogP contribution in [0.3, 0.4) is 0 Å². The van der Waals surface area contributed by atoms with Gasteiger partial charge in [-0.3, -0.25) is 9.59 Å². The molecule has 17 heavy (non-hydrogen) atoms. The summed E-state index contributed by atoms with van der Waals surface area (Å²) in [5.74, 6) is -0.426. The zero-order valence-corrected chi connectivity index (χ0v) is 10.6. The Bertz CT molecular complexity index is 390. The fourth-order valence-electron chi connectivity index (χ4n) is 1.33. The molecule has 1 heterocycles. The second-order valence-corrected chi connectivity index (χ2v) is 4.51. The van der Waals surface area contributed by atoms with Crippen molar-refractivity contribution in [3.05, 3.63) is 12.4 Å². The molecule has 0 unspecified atom stereocenters. The van der Waals surface area contributed by atoms with Gasteiger partial charge in [0.1, 0.15) is 5.78 Å². The lowest BCUT2D eigenvalue weighted by Gasteiger charge is -2.03. The molecule has 1 rings (SSSR count). The Balaban J connectivity index is 2.26. The van der Waals surface area contributed by atoms with E-state index in [0.29, 0.717) is 18.6 Å². The predicted molar refractivity (Wildman–Crippen MR) is 65.1 cm³/mol. The van der Waals surface area contributed by atoms with Gasteiger partial charge in [0.25, 0.3) is 0 Å². The number of Topliss-reactive ketones (excluding diaryl/α,β-unsaturated/α-hetero) is 1. The predicted octanol–water partition coefficient (Wildman–Crippen LogP) is 1.82. The minimum absolute atomic E-state index is 0.0555. The molecule has 0 saturated carbocycles. The first-order valence-electron chi connectivity index (χ1n) is 5.51. The number of carbonyl (C=O) groups is 2. The monoisotopic (exact) mass is 256 g/mol. The Kier molecular flexibility index (Phi) is 5.76. The normalized spacial score (nSPS) is 10.4. The number of rotatable bonds is 8. The number of aliphatic carboxylic acids is 1. The number of aromatic nitrogens is 2. The molecule has 0 aliphatic carbocycles. The molecule has 5 nitrogen and oxygen atoms in total. The van der Waals surface area contributed by atoms with E-state index in [1.165, 1.54) is 11.8 Å². The number of nitrogens with zero attached hydrogens (tertiary/aromatic N) is 2. The van der Waals surface area contributed by atoms with E-state index in [-0.39, 0.29) is 12.2 Å². The van der Waals surface area contributed by atoms with E-state index in [4.69, 9.17) is 5.11 Å². The largest absolute Gasteiger partial charge is 0.481 e.